The highest BCUT2D eigenvalue weighted by Crippen LogP contribution is 2.20. The molecular formula is C14H19NOS. The maximum Gasteiger partial charge on any atom is 0.102 e. The molecule has 92 valence electrons. The third kappa shape index (κ3) is 5.11. The molecule has 0 spiro atoms. The Morgan fingerprint density at radius 2 is 1.94 bits per heavy atom. The second kappa shape index (κ2) is 6.52. The number of aliphatic hydroxyl groups excluding tert-OH is 1. The molecule has 0 aliphatic rings. The zero-order valence-electron chi connectivity index (χ0n) is 10.1. The largest absolute Gasteiger partial charge is 0.511 e. The van der Waals surface area contributed by atoms with E-state index < -0.39 is 0 Å². The van der Waals surface area contributed by atoms with Gasteiger partial charge in [0.15, 0.2) is 0 Å². The predicted molar refractivity (Wildman–Crippen MR) is 75.4 cm³/mol. The zero-order chi connectivity index (χ0) is 12.8. The molecule has 0 fully saturated rings. The average molecular weight is 249 g/mol. The van der Waals surface area contributed by atoms with Gasteiger partial charge in [-0.2, -0.15) is 0 Å². The molecule has 1 rings (SSSR count). The van der Waals surface area contributed by atoms with Gasteiger partial charge in [0.1, 0.15) is 5.76 Å². The fourth-order valence-corrected chi connectivity index (χ4v) is 2.04. The molecule has 2 nitrogen and oxygen atoms in total. The first-order valence-electron chi connectivity index (χ1n) is 5.48. The van der Waals surface area contributed by atoms with Crippen LogP contribution in [-0.4, -0.2) is 16.9 Å². The van der Waals surface area contributed by atoms with Crippen LogP contribution in [0.1, 0.15) is 12.5 Å². The highest BCUT2D eigenvalue weighted by atomic mass is 32.2. The summed E-state index contributed by atoms with van der Waals surface area (Å²) in [4.78, 5) is 1.22. The summed E-state index contributed by atoms with van der Waals surface area (Å²) in [6, 6.07) is 7.81. The molecule has 3 N–H and O–H groups in total. The Balaban J connectivity index is 2.55. The summed E-state index contributed by atoms with van der Waals surface area (Å²) >= 11 is 1.76. The van der Waals surface area contributed by atoms with Crippen molar-refractivity contribution in [3.05, 3.63) is 54.3 Å². The van der Waals surface area contributed by atoms with Gasteiger partial charge in [-0.3, -0.25) is 0 Å². The van der Waals surface area contributed by atoms with Gasteiger partial charge < -0.3 is 10.8 Å². The fourth-order valence-electron chi connectivity index (χ4n) is 1.30. The van der Waals surface area contributed by atoms with E-state index in [4.69, 9.17) is 10.8 Å². The van der Waals surface area contributed by atoms with Crippen molar-refractivity contribution in [3.8, 4) is 0 Å². The number of hydrogen-bond acceptors (Lipinski definition) is 3. The lowest BCUT2D eigenvalue weighted by molar-refractivity contribution is 0.368. The smallest absolute Gasteiger partial charge is 0.102 e. The Bertz CT molecular complexity index is 397. The van der Waals surface area contributed by atoms with E-state index in [1.165, 1.54) is 4.90 Å². The Morgan fingerprint density at radius 3 is 2.41 bits per heavy atom. The van der Waals surface area contributed by atoms with Crippen LogP contribution in [0.15, 0.2) is 53.7 Å². The summed E-state index contributed by atoms with van der Waals surface area (Å²) in [5.74, 6) is 0.970. The SMILES string of the molecule is C=C(C)CSc1ccc(CC(N)C(=C)O)cc1. The summed E-state index contributed by atoms with van der Waals surface area (Å²) in [7, 11) is 0. The van der Waals surface area contributed by atoms with Crippen molar-refractivity contribution in [2.45, 2.75) is 24.3 Å². The highest BCUT2D eigenvalue weighted by molar-refractivity contribution is 7.99. The average Bonchev–Trinajstić information content (AvgIpc) is 2.28. The maximum absolute atomic E-state index is 9.15. The van der Waals surface area contributed by atoms with Gasteiger partial charge in [-0.1, -0.05) is 30.9 Å². The van der Waals surface area contributed by atoms with Crippen molar-refractivity contribution in [1.29, 1.82) is 0 Å². The fraction of sp³-hybridized carbons (Fsp3) is 0.286. The highest BCUT2D eigenvalue weighted by Gasteiger charge is 2.06. The lowest BCUT2D eigenvalue weighted by Crippen LogP contribution is -2.24. The van der Waals surface area contributed by atoms with Gasteiger partial charge in [0.05, 0.1) is 6.04 Å². The topological polar surface area (TPSA) is 46.2 Å². The predicted octanol–water partition coefficient (Wildman–Crippen LogP) is 3.30. The van der Waals surface area contributed by atoms with Crippen LogP contribution in [0.5, 0.6) is 0 Å². The molecule has 0 bridgehead atoms. The number of hydrogen-bond donors (Lipinski definition) is 2. The molecule has 1 aromatic rings. The number of benzene rings is 1. The number of rotatable bonds is 6. The van der Waals surface area contributed by atoms with Crippen LogP contribution in [0.3, 0.4) is 0 Å². The van der Waals surface area contributed by atoms with E-state index >= 15 is 0 Å². The van der Waals surface area contributed by atoms with Gasteiger partial charge in [-0.15, -0.1) is 11.8 Å². The van der Waals surface area contributed by atoms with Crippen LogP contribution in [-0.2, 0) is 6.42 Å². The quantitative estimate of drug-likeness (QED) is 0.462. The first-order valence-corrected chi connectivity index (χ1v) is 6.47. The molecule has 1 aromatic carbocycles. The summed E-state index contributed by atoms with van der Waals surface area (Å²) in [5.41, 5.74) is 7.99. The van der Waals surface area contributed by atoms with E-state index in [1.54, 1.807) is 11.8 Å². The Kier molecular flexibility index (Phi) is 5.32. The van der Waals surface area contributed by atoms with E-state index in [9.17, 15) is 0 Å². The van der Waals surface area contributed by atoms with Crippen LogP contribution in [0.4, 0.5) is 0 Å². The third-order valence-corrected chi connectivity index (χ3v) is 3.53. The minimum atomic E-state index is -0.385. The zero-order valence-corrected chi connectivity index (χ0v) is 11.0. The third-order valence-electron chi connectivity index (χ3n) is 2.29. The lowest BCUT2D eigenvalue weighted by Gasteiger charge is -2.10. The van der Waals surface area contributed by atoms with Crippen molar-refractivity contribution in [1.82, 2.24) is 0 Å². The molecule has 0 saturated heterocycles. The van der Waals surface area contributed by atoms with Crippen molar-refractivity contribution < 1.29 is 5.11 Å². The first kappa shape index (κ1) is 13.9. The summed E-state index contributed by atoms with van der Waals surface area (Å²) < 4.78 is 0. The summed E-state index contributed by atoms with van der Waals surface area (Å²) in [6.45, 7) is 9.33. The van der Waals surface area contributed by atoms with Crippen LogP contribution in [0, 0.1) is 0 Å². The molecule has 3 heteroatoms. The minimum absolute atomic E-state index is 0.0331. The Morgan fingerprint density at radius 1 is 1.35 bits per heavy atom. The standard InChI is InChI=1S/C14H19NOS/c1-10(2)9-17-13-6-4-12(5-7-13)8-14(15)11(3)16/h4-7,14,16H,1,3,8-9,15H2,2H3. The molecule has 0 aliphatic carbocycles. The van der Waals surface area contributed by atoms with Gasteiger partial charge in [-0.25, -0.2) is 0 Å². The van der Waals surface area contributed by atoms with Gasteiger partial charge >= 0.3 is 0 Å². The number of aliphatic hydroxyl groups is 1. The normalized spacial score (nSPS) is 12.1. The second-order valence-corrected chi connectivity index (χ2v) is 5.24. The molecule has 0 radical (unpaired) electrons. The Hall–Kier alpha value is -1.19. The minimum Gasteiger partial charge on any atom is -0.511 e. The van der Waals surface area contributed by atoms with E-state index in [2.05, 4.69) is 25.3 Å². The van der Waals surface area contributed by atoms with Gasteiger partial charge in [-0.05, 0) is 31.0 Å². The molecule has 0 aromatic heterocycles. The molecule has 0 heterocycles. The molecular weight excluding hydrogens is 230 g/mol. The van der Waals surface area contributed by atoms with E-state index in [1.807, 2.05) is 19.1 Å². The number of thioether (sulfide) groups is 1. The molecule has 1 unspecified atom stereocenters. The van der Waals surface area contributed by atoms with Crippen molar-refractivity contribution in [3.63, 3.8) is 0 Å². The van der Waals surface area contributed by atoms with E-state index in [-0.39, 0.29) is 11.8 Å². The van der Waals surface area contributed by atoms with Gasteiger partial charge in [0.2, 0.25) is 0 Å². The maximum atomic E-state index is 9.15. The molecule has 0 amide bonds. The van der Waals surface area contributed by atoms with Crippen LogP contribution >= 0.6 is 11.8 Å². The van der Waals surface area contributed by atoms with Crippen LogP contribution < -0.4 is 5.73 Å². The molecule has 1 atom stereocenters. The van der Waals surface area contributed by atoms with Crippen molar-refractivity contribution in [2.24, 2.45) is 5.73 Å². The second-order valence-electron chi connectivity index (χ2n) is 4.19. The van der Waals surface area contributed by atoms with Gasteiger partial charge in [0, 0.05) is 10.6 Å². The monoisotopic (exact) mass is 249 g/mol. The number of nitrogens with two attached hydrogens (primary N) is 1. The summed E-state index contributed by atoms with van der Waals surface area (Å²) in [5, 5.41) is 9.15. The van der Waals surface area contributed by atoms with Crippen LogP contribution in [0.2, 0.25) is 0 Å². The molecule has 0 aliphatic heterocycles. The van der Waals surface area contributed by atoms with E-state index in [0.717, 1.165) is 16.9 Å². The van der Waals surface area contributed by atoms with Crippen LogP contribution in [0.25, 0.3) is 0 Å². The molecule has 0 saturated carbocycles. The first-order chi connectivity index (χ1) is 7.99. The Labute approximate surface area is 107 Å². The van der Waals surface area contributed by atoms with Gasteiger partial charge in [0.25, 0.3) is 0 Å². The van der Waals surface area contributed by atoms with Crippen molar-refractivity contribution >= 4 is 11.8 Å². The summed E-state index contributed by atoms with van der Waals surface area (Å²) in [6.07, 6.45) is 0.612. The van der Waals surface area contributed by atoms with E-state index in [0.29, 0.717) is 6.42 Å². The lowest BCUT2D eigenvalue weighted by atomic mass is 10.1. The van der Waals surface area contributed by atoms with Crippen molar-refractivity contribution in [2.75, 3.05) is 5.75 Å². The molecule has 17 heavy (non-hydrogen) atoms.